The number of nitrogens with one attached hydrogen (secondary N) is 3. The van der Waals surface area contributed by atoms with Crippen molar-refractivity contribution in [2.24, 2.45) is 11.8 Å². The second-order valence-electron chi connectivity index (χ2n) is 15.2. The van der Waals surface area contributed by atoms with E-state index in [0.29, 0.717) is 18.9 Å². The number of hydrogen-bond acceptors (Lipinski definition) is 7. The Morgan fingerprint density at radius 3 is 2.38 bits per heavy atom. The summed E-state index contributed by atoms with van der Waals surface area (Å²) in [6.07, 6.45) is 13.6. The quantitative estimate of drug-likeness (QED) is 0.149. The van der Waals surface area contributed by atoms with E-state index in [0.717, 1.165) is 107 Å². The summed E-state index contributed by atoms with van der Waals surface area (Å²) in [5.41, 5.74) is 5.64. The summed E-state index contributed by atoms with van der Waals surface area (Å²) in [5.74, 6) is 3.97. The topological polar surface area (TPSA) is 150 Å². The molecule has 5 aromatic rings. The van der Waals surface area contributed by atoms with E-state index in [1.807, 2.05) is 34.3 Å². The summed E-state index contributed by atoms with van der Waals surface area (Å²) >= 11 is 0. The van der Waals surface area contributed by atoms with E-state index in [9.17, 15) is 14.4 Å². The number of methoxy groups -OCH3 is 1. The first kappa shape index (κ1) is 32.1. The van der Waals surface area contributed by atoms with Gasteiger partial charge in [-0.05, 0) is 93.5 Å². The highest BCUT2D eigenvalue weighted by Gasteiger charge is 2.43. The van der Waals surface area contributed by atoms with Crippen molar-refractivity contribution in [1.29, 1.82) is 0 Å². The number of imidazole rings is 2. The van der Waals surface area contributed by atoms with Gasteiger partial charge in [-0.2, -0.15) is 0 Å². The third-order valence-corrected chi connectivity index (χ3v) is 11.8. The van der Waals surface area contributed by atoms with Gasteiger partial charge in [0.1, 0.15) is 17.7 Å². The maximum atomic E-state index is 13.7. The van der Waals surface area contributed by atoms with Gasteiger partial charge in [-0.1, -0.05) is 6.07 Å². The lowest BCUT2D eigenvalue weighted by atomic mass is 10.1. The minimum atomic E-state index is -0.583. The first-order valence-corrected chi connectivity index (χ1v) is 18.9. The molecule has 3 N–H and O–H groups in total. The van der Waals surface area contributed by atoms with Crippen molar-refractivity contribution in [3.8, 4) is 39.7 Å². The number of fused-ring (bicyclic) bond motifs is 2. The highest BCUT2D eigenvalue weighted by Crippen LogP contribution is 2.46. The second kappa shape index (κ2) is 12.5. The Hall–Kier alpha value is -5.59. The van der Waals surface area contributed by atoms with E-state index < -0.39 is 12.1 Å². The molecule has 2 aromatic carbocycles. The molecule has 0 radical (unpaired) electrons. The molecule has 4 fully saturated rings. The van der Waals surface area contributed by atoms with Gasteiger partial charge < -0.3 is 39.1 Å². The maximum Gasteiger partial charge on any atom is 0.407 e. The fraction of sp³-hybridized carbons (Fsp3) is 0.425. The molecular formula is C40H42N8O5. The SMILES string of the molecule is COC(=O)N[C@H](C(=O)N1CCC[C@H]1c1ncc(-c2ccc3c(c2)Oc2ccc(-c4cnc([C@@H]5CCCN5C(=O)CC5CC5)[nH]4)c4ccn-3c24)[nH]1)C1CC1. The van der Waals surface area contributed by atoms with Crippen molar-refractivity contribution in [3.05, 3.63) is 66.6 Å². The number of amides is 3. The number of likely N-dealkylation sites (tertiary alicyclic amines) is 2. The van der Waals surface area contributed by atoms with Crippen LogP contribution in [0, 0.1) is 11.8 Å². The number of nitrogens with zero attached hydrogens (tertiary/aromatic N) is 5. The number of aromatic nitrogens is 5. The fourth-order valence-electron chi connectivity index (χ4n) is 8.65. The van der Waals surface area contributed by atoms with Crippen molar-refractivity contribution in [1.82, 2.24) is 39.6 Å². The molecule has 3 aromatic heterocycles. The molecule has 10 rings (SSSR count). The van der Waals surface area contributed by atoms with Gasteiger partial charge in [0, 0.05) is 42.2 Å². The van der Waals surface area contributed by atoms with Gasteiger partial charge in [0.25, 0.3) is 0 Å². The normalized spacial score (nSPS) is 21.1. The van der Waals surface area contributed by atoms with Crippen LogP contribution < -0.4 is 10.1 Å². The Kier molecular flexibility index (Phi) is 7.58. The highest BCUT2D eigenvalue weighted by molar-refractivity contribution is 6.00. The number of ether oxygens (including phenoxy) is 2. The number of H-pyrrole nitrogens is 2. The van der Waals surface area contributed by atoms with Crippen LogP contribution in [-0.4, -0.2) is 78.5 Å². The van der Waals surface area contributed by atoms with Crippen LogP contribution in [-0.2, 0) is 14.3 Å². The minimum Gasteiger partial charge on any atom is -0.453 e. The summed E-state index contributed by atoms with van der Waals surface area (Å²) in [5, 5.41) is 3.82. The lowest BCUT2D eigenvalue weighted by molar-refractivity contribution is -0.135. The predicted molar refractivity (Wildman–Crippen MR) is 195 cm³/mol. The number of alkyl carbamates (subject to hydrolysis) is 1. The standard InChI is InChI=1S/C40H42N8O5/c1-52-40(51)45-35(23-8-9-23)39(50)48-16-3-5-31(48)38-41-20-27(43-38)24-10-12-29-33(19-24)53-32-13-11-25(26-14-17-47(29)36(26)32)28-21-42-37(44-28)30-4-2-15-46(30)34(49)18-22-6-7-22/h10-14,17,19-23,30-31,35H,2-9,15-16,18H2,1H3,(H,41,43)(H,42,44)(H,45,51)/t30-,31-,35-/m0/s1. The van der Waals surface area contributed by atoms with E-state index in [2.05, 4.69) is 50.3 Å². The summed E-state index contributed by atoms with van der Waals surface area (Å²) in [6, 6.07) is 11.6. The van der Waals surface area contributed by atoms with Gasteiger partial charge in [0.15, 0.2) is 11.5 Å². The molecule has 6 heterocycles. The first-order chi connectivity index (χ1) is 25.9. The molecule has 272 valence electrons. The summed E-state index contributed by atoms with van der Waals surface area (Å²) in [6.45, 7) is 1.42. The number of carbonyl (C=O) groups is 3. The molecular weight excluding hydrogens is 672 g/mol. The summed E-state index contributed by atoms with van der Waals surface area (Å²) < 4.78 is 13.5. The number of aromatic amines is 2. The van der Waals surface area contributed by atoms with Gasteiger partial charge in [0.05, 0.1) is 54.2 Å². The highest BCUT2D eigenvalue weighted by atomic mass is 16.5. The van der Waals surface area contributed by atoms with Gasteiger partial charge in [-0.25, -0.2) is 14.8 Å². The van der Waals surface area contributed by atoms with E-state index in [-0.39, 0.29) is 29.8 Å². The molecule has 2 saturated heterocycles. The van der Waals surface area contributed by atoms with E-state index in [1.54, 1.807) is 0 Å². The van der Waals surface area contributed by atoms with E-state index in [4.69, 9.17) is 19.4 Å². The van der Waals surface area contributed by atoms with Gasteiger partial charge in [-0.15, -0.1) is 0 Å². The lowest BCUT2D eigenvalue weighted by Gasteiger charge is -2.28. The van der Waals surface area contributed by atoms with Crippen LogP contribution in [0.4, 0.5) is 4.79 Å². The zero-order valence-electron chi connectivity index (χ0n) is 29.6. The number of hydrogen-bond donors (Lipinski definition) is 3. The first-order valence-electron chi connectivity index (χ1n) is 18.9. The molecule has 53 heavy (non-hydrogen) atoms. The zero-order chi connectivity index (χ0) is 35.8. The Morgan fingerprint density at radius 1 is 0.887 bits per heavy atom. The number of rotatable bonds is 9. The molecule has 13 heteroatoms. The maximum absolute atomic E-state index is 13.7. The molecule has 0 unspecified atom stereocenters. The van der Waals surface area contributed by atoms with Crippen LogP contribution >= 0.6 is 0 Å². The van der Waals surface area contributed by atoms with Crippen LogP contribution in [0.3, 0.4) is 0 Å². The van der Waals surface area contributed by atoms with Gasteiger partial charge in [0.2, 0.25) is 11.8 Å². The molecule has 5 aliphatic rings. The van der Waals surface area contributed by atoms with Crippen molar-refractivity contribution < 1.29 is 23.9 Å². The molecule has 3 atom stereocenters. The largest absolute Gasteiger partial charge is 0.453 e. The number of carbonyl (C=O) groups excluding carboxylic acids is 3. The van der Waals surface area contributed by atoms with Crippen molar-refractivity contribution >= 4 is 28.8 Å². The third kappa shape index (κ3) is 5.64. The molecule has 13 nitrogen and oxygen atoms in total. The monoisotopic (exact) mass is 714 g/mol. The Bertz CT molecular complexity index is 2260. The van der Waals surface area contributed by atoms with Crippen molar-refractivity contribution in [2.75, 3.05) is 20.2 Å². The molecule has 0 spiro atoms. The van der Waals surface area contributed by atoms with Crippen LogP contribution in [0.2, 0.25) is 0 Å². The zero-order valence-corrected chi connectivity index (χ0v) is 29.6. The Morgan fingerprint density at radius 2 is 1.62 bits per heavy atom. The Labute approximate surface area is 306 Å². The molecule has 0 bridgehead atoms. The third-order valence-electron chi connectivity index (χ3n) is 11.8. The second-order valence-corrected chi connectivity index (χ2v) is 15.2. The smallest absolute Gasteiger partial charge is 0.407 e. The van der Waals surface area contributed by atoms with Crippen molar-refractivity contribution in [2.45, 2.75) is 75.9 Å². The fourth-order valence-corrected chi connectivity index (χ4v) is 8.65. The van der Waals surface area contributed by atoms with Gasteiger partial charge >= 0.3 is 6.09 Å². The van der Waals surface area contributed by atoms with Crippen LogP contribution in [0.15, 0.2) is 55.0 Å². The molecule has 2 aliphatic carbocycles. The minimum absolute atomic E-state index is 0.00166. The van der Waals surface area contributed by atoms with Crippen LogP contribution in [0.1, 0.15) is 81.5 Å². The van der Waals surface area contributed by atoms with Crippen LogP contribution in [0.25, 0.3) is 39.1 Å². The van der Waals surface area contributed by atoms with Crippen molar-refractivity contribution in [3.63, 3.8) is 0 Å². The molecule has 3 amide bonds. The summed E-state index contributed by atoms with van der Waals surface area (Å²) in [4.78, 5) is 59.1. The molecule has 2 saturated carbocycles. The average molecular weight is 715 g/mol. The van der Waals surface area contributed by atoms with E-state index in [1.165, 1.54) is 20.0 Å². The average Bonchev–Trinajstić information content (AvgIpc) is 3.73. The Balaban J connectivity index is 0.888. The predicted octanol–water partition coefficient (Wildman–Crippen LogP) is 6.78. The van der Waals surface area contributed by atoms with Gasteiger partial charge in [-0.3, -0.25) is 9.59 Å². The van der Waals surface area contributed by atoms with E-state index >= 15 is 0 Å². The lowest BCUT2D eigenvalue weighted by Crippen LogP contribution is -2.49. The van der Waals surface area contributed by atoms with Crippen LogP contribution in [0.5, 0.6) is 11.5 Å². The molecule has 3 aliphatic heterocycles. The summed E-state index contributed by atoms with van der Waals surface area (Å²) in [7, 11) is 1.31. The number of benzene rings is 2.